The maximum absolute atomic E-state index is 11.6. The van der Waals surface area contributed by atoms with Crippen LogP contribution >= 0.6 is 0 Å². The first kappa shape index (κ1) is 13.2. The van der Waals surface area contributed by atoms with E-state index in [1.54, 1.807) is 6.92 Å². The maximum atomic E-state index is 11.6. The molecule has 7 nitrogen and oxygen atoms in total. The number of nitrogen functional groups attached to an aromatic ring is 1. The Morgan fingerprint density at radius 3 is 2.82 bits per heavy atom. The third-order valence-corrected chi connectivity index (χ3v) is 2.38. The average molecular weight is 240 g/mol. The highest BCUT2D eigenvalue weighted by Gasteiger charge is 2.11. The minimum absolute atomic E-state index is 0.138. The zero-order chi connectivity index (χ0) is 13.0. The summed E-state index contributed by atoms with van der Waals surface area (Å²) < 4.78 is 1.31. The molecule has 0 saturated carbocycles. The van der Waals surface area contributed by atoms with Crippen LogP contribution in [0.15, 0.2) is 10.9 Å². The van der Waals surface area contributed by atoms with Gasteiger partial charge in [0, 0.05) is 18.3 Å². The van der Waals surface area contributed by atoms with Crippen LogP contribution in [0.3, 0.4) is 0 Å². The van der Waals surface area contributed by atoms with Gasteiger partial charge >= 0.3 is 5.97 Å². The number of aliphatic carboxylic acids is 1. The third-order valence-electron chi connectivity index (χ3n) is 2.38. The number of carboxylic acid groups (broad SMARTS) is 1. The molecule has 7 heteroatoms. The molecule has 17 heavy (non-hydrogen) atoms. The van der Waals surface area contributed by atoms with Gasteiger partial charge in [0.15, 0.2) is 0 Å². The van der Waals surface area contributed by atoms with Crippen molar-refractivity contribution in [3.63, 3.8) is 0 Å². The molecule has 1 unspecified atom stereocenters. The predicted octanol–water partition coefficient (Wildman–Crippen LogP) is -0.674. The summed E-state index contributed by atoms with van der Waals surface area (Å²) in [5.74, 6) is -0.911. The smallest absolute Gasteiger partial charge is 0.320 e. The number of nitrogens with zero attached hydrogens (tertiary/aromatic N) is 2. The number of hydrogen-bond acceptors (Lipinski definition) is 5. The Kier molecular flexibility index (Phi) is 4.22. The van der Waals surface area contributed by atoms with E-state index in [-0.39, 0.29) is 17.9 Å². The fourth-order valence-electron chi connectivity index (χ4n) is 1.46. The highest BCUT2D eigenvalue weighted by molar-refractivity contribution is 5.72. The fourth-order valence-corrected chi connectivity index (χ4v) is 1.46. The van der Waals surface area contributed by atoms with Gasteiger partial charge in [0.05, 0.1) is 0 Å². The van der Waals surface area contributed by atoms with Gasteiger partial charge in [-0.1, -0.05) is 0 Å². The maximum Gasteiger partial charge on any atom is 0.320 e. The molecule has 1 atom stereocenters. The highest BCUT2D eigenvalue weighted by atomic mass is 16.4. The zero-order valence-corrected chi connectivity index (χ0v) is 9.59. The van der Waals surface area contributed by atoms with Gasteiger partial charge in [0.25, 0.3) is 5.56 Å². The van der Waals surface area contributed by atoms with Crippen LogP contribution in [0.2, 0.25) is 0 Å². The second-order valence-electron chi connectivity index (χ2n) is 3.83. The van der Waals surface area contributed by atoms with Crippen LogP contribution in [0.5, 0.6) is 0 Å². The summed E-state index contributed by atoms with van der Waals surface area (Å²) in [6.45, 7) is 2.00. The standard InChI is InChI=1S/C10H16N4O3/c1-6-5-8(15)14(10(12)13-6)4-2-3-7(11)9(16)17/h5,7H,2-4,11H2,1H3,(H2,12,13)(H,16,17). The van der Waals surface area contributed by atoms with Crippen molar-refractivity contribution in [2.45, 2.75) is 32.4 Å². The van der Waals surface area contributed by atoms with Crippen molar-refractivity contribution in [2.24, 2.45) is 5.73 Å². The van der Waals surface area contributed by atoms with Crippen LogP contribution in [0.4, 0.5) is 5.95 Å². The van der Waals surface area contributed by atoms with E-state index in [4.69, 9.17) is 16.6 Å². The summed E-state index contributed by atoms with van der Waals surface area (Å²) >= 11 is 0. The molecule has 0 bridgehead atoms. The fraction of sp³-hybridized carbons (Fsp3) is 0.500. The molecule has 0 aliphatic heterocycles. The molecule has 0 saturated heterocycles. The zero-order valence-electron chi connectivity index (χ0n) is 9.59. The molecule has 94 valence electrons. The van der Waals surface area contributed by atoms with Gasteiger partial charge in [-0.2, -0.15) is 0 Å². The van der Waals surface area contributed by atoms with E-state index in [0.29, 0.717) is 18.7 Å². The van der Waals surface area contributed by atoms with E-state index < -0.39 is 12.0 Å². The number of aromatic nitrogens is 2. The van der Waals surface area contributed by atoms with Crippen molar-refractivity contribution in [3.05, 3.63) is 22.1 Å². The van der Waals surface area contributed by atoms with Crippen molar-refractivity contribution in [3.8, 4) is 0 Å². The van der Waals surface area contributed by atoms with Crippen molar-refractivity contribution in [1.82, 2.24) is 9.55 Å². The quantitative estimate of drug-likeness (QED) is 0.626. The van der Waals surface area contributed by atoms with E-state index in [1.165, 1.54) is 10.6 Å². The SMILES string of the molecule is Cc1cc(=O)n(CCCC(N)C(=O)O)c(N)n1. The van der Waals surface area contributed by atoms with Crippen molar-refractivity contribution in [2.75, 3.05) is 5.73 Å². The van der Waals surface area contributed by atoms with Crippen LogP contribution in [-0.2, 0) is 11.3 Å². The summed E-state index contributed by atoms with van der Waals surface area (Å²) in [4.78, 5) is 26.0. The Morgan fingerprint density at radius 2 is 2.29 bits per heavy atom. The number of hydrogen-bond donors (Lipinski definition) is 3. The van der Waals surface area contributed by atoms with Crippen LogP contribution in [0.25, 0.3) is 0 Å². The number of carboxylic acids is 1. The lowest BCUT2D eigenvalue weighted by Gasteiger charge is -2.10. The van der Waals surface area contributed by atoms with Crippen LogP contribution in [0.1, 0.15) is 18.5 Å². The predicted molar refractivity (Wildman–Crippen MR) is 62.5 cm³/mol. The Balaban J connectivity index is 2.64. The molecular formula is C10H16N4O3. The number of anilines is 1. The summed E-state index contributed by atoms with van der Waals surface area (Å²) in [7, 11) is 0. The summed E-state index contributed by atoms with van der Waals surface area (Å²) in [6, 6.07) is 0.471. The monoisotopic (exact) mass is 240 g/mol. The lowest BCUT2D eigenvalue weighted by Crippen LogP contribution is -2.31. The molecule has 1 aromatic heterocycles. The summed E-state index contributed by atoms with van der Waals surface area (Å²) in [5, 5.41) is 8.59. The molecule has 0 aliphatic carbocycles. The van der Waals surface area contributed by atoms with Gasteiger partial charge in [-0.15, -0.1) is 0 Å². The molecular weight excluding hydrogens is 224 g/mol. The van der Waals surface area contributed by atoms with E-state index in [9.17, 15) is 9.59 Å². The van der Waals surface area contributed by atoms with Crippen molar-refractivity contribution >= 4 is 11.9 Å². The number of carbonyl (C=O) groups is 1. The molecule has 0 spiro atoms. The van der Waals surface area contributed by atoms with Crippen LogP contribution in [0, 0.1) is 6.92 Å². The summed E-state index contributed by atoms with van der Waals surface area (Å²) in [5.41, 5.74) is 11.3. The number of aryl methyl sites for hydroxylation is 1. The third kappa shape index (κ3) is 3.56. The second kappa shape index (κ2) is 5.44. The van der Waals surface area contributed by atoms with Gasteiger partial charge in [0.1, 0.15) is 6.04 Å². The van der Waals surface area contributed by atoms with Crippen molar-refractivity contribution in [1.29, 1.82) is 0 Å². The van der Waals surface area contributed by atoms with E-state index in [0.717, 1.165) is 0 Å². The molecule has 1 heterocycles. The van der Waals surface area contributed by atoms with Crippen LogP contribution < -0.4 is 17.0 Å². The van der Waals surface area contributed by atoms with E-state index in [1.807, 2.05) is 0 Å². The topological polar surface area (TPSA) is 124 Å². The molecule has 0 radical (unpaired) electrons. The van der Waals surface area contributed by atoms with Gasteiger partial charge in [0.2, 0.25) is 5.95 Å². The van der Waals surface area contributed by atoms with Gasteiger partial charge in [-0.05, 0) is 19.8 Å². The normalized spacial score (nSPS) is 12.4. The number of rotatable bonds is 5. The van der Waals surface area contributed by atoms with Crippen molar-refractivity contribution < 1.29 is 9.90 Å². The minimum Gasteiger partial charge on any atom is -0.480 e. The minimum atomic E-state index is -1.05. The second-order valence-corrected chi connectivity index (χ2v) is 3.83. The largest absolute Gasteiger partial charge is 0.480 e. The summed E-state index contributed by atoms with van der Waals surface area (Å²) in [6.07, 6.45) is 0.747. The Bertz CT molecular complexity index is 469. The van der Waals surface area contributed by atoms with Crippen LogP contribution in [-0.4, -0.2) is 26.7 Å². The Morgan fingerprint density at radius 1 is 1.65 bits per heavy atom. The number of nitrogens with two attached hydrogens (primary N) is 2. The average Bonchev–Trinajstić information content (AvgIpc) is 2.21. The van der Waals surface area contributed by atoms with Gasteiger partial charge in [-0.3, -0.25) is 14.2 Å². The Hall–Kier alpha value is -1.89. The molecule has 5 N–H and O–H groups in total. The Labute approximate surface area is 98.1 Å². The van der Waals surface area contributed by atoms with Gasteiger partial charge < -0.3 is 16.6 Å². The molecule has 0 aliphatic rings. The molecule has 1 aromatic rings. The molecule has 1 rings (SSSR count). The molecule has 0 aromatic carbocycles. The van der Waals surface area contributed by atoms with E-state index >= 15 is 0 Å². The highest BCUT2D eigenvalue weighted by Crippen LogP contribution is 2.01. The lowest BCUT2D eigenvalue weighted by atomic mass is 10.2. The first-order valence-corrected chi connectivity index (χ1v) is 5.24. The first-order chi connectivity index (χ1) is 7.91. The van der Waals surface area contributed by atoms with Gasteiger partial charge in [-0.25, -0.2) is 4.98 Å². The van der Waals surface area contributed by atoms with E-state index in [2.05, 4.69) is 4.98 Å². The first-order valence-electron chi connectivity index (χ1n) is 5.24. The molecule has 0 fully saturated rings. The lowest BCUT2D eigenvalue weighted by molar-refractivity contribution is -0.138. The molecule has 0 amide bonds.